The Bertz CT molecular complexity index is 510. The van der Waals surface area contributed by atoms with Crippen molar-refractivity contribution in [3.8, 4) is 0 Å². The molecule has 1 spiro atoms. The first-order valence-electron chi connectivity index (χ1n) is 7.08. The van der Waals surface area contributed by atoms with E-state index in [-0.39, 0.29) is 16.9 Å². The molecule has 2 aliphatic rings. The normalized spacial score (nSPS) is 24.5. The summed E-state index contributed by atoms with van der Waals surface area (Å²) in [6.07, 6.45) is 7.06. The Kier molecular flexibility index (Phi) is 3.46. The Morgan fingerprint density at radius 2 is 2.20 bits per heavy atom. The van der Waals surface area contributed by atoms with Gasteiger partial charge in [-0.3, -0.25) is 9.78 Å². The van der Waals surface area contributed by atoms with Gasteiger partial charge >= 0.3 is 0 Å². The lowest BCUT2D eigenvalue weighted by Crippen LogP contribution is -2.54. The van der Waals surface area contributed by atoms with E-state index >= 15 is 0 Å². The van der Waals surface area contributed by atoms with Crippen molar-refractivity contribution >= 4 is 5.91 Å². The molecular weight excluding hydrogens is 259 g/mol. The number of carbonyl (C=O) groups excluding carboxylic acids is 1. The first kappa shape index (κ1) is 13.5. The van der Waals surface area contributed by atoms with Crippen LogP contribution in [0.3, 0.4) is 0 Å². The number of pyridine rings is 1. The maximum absolute atomic E-state index is 13.6. The van der Waals surface area contributed by atoms with Gasteiger partial charge in [-0.05, 0) is 31.7 Å². The second kappa shape index (κ2) is 5.13. The van der Waals surface area contributed by atoms with E-state index in [1.807, 2.05) is 0 Å². The lowest BCUT2D eigenvalue weighted by Gasteiger charge is -2.53. The number of likely N-dealkylation sites (tertiary alicyclic amines) is 1. The number of ether oxygens (including phenoxy) is 1. The van der Waals surface area contributed by atoms with Gasteiger partial charge in [-0.1, -0.05) is 0 Å². The van der Waals surface area contributed by atoms with E-state index in [9.17, 15) is 9.18 Å². The zero-order valence-electron chi connectivity index (χ0n) is 11.6. The highest BCUT2D eigenvalue weighted by Crippen LogP contribution is 2.50. The van der Waals surface area contributed by atoms with Crippen LogP contribution in [0.4, 0.5) is 4.39 Å². The first-order chi connectivity index (χ1) is 9.66. The molecule has 1 saturated carbocycles. The van der Waals surface area contributed by atoms with E-state index in [1.54, 1.807) is 12.0 Å². The first-order valence-corrected chi connectivity index (χ1v) is 7.08. The van der Waals surface area contributed by atoms with Gasteiger partial charge in [0.1, 0.15) is 0 Å². The molecule has 0 aromatic carbocycles. The quantitative estimate of drug-likeness (QED) is 0.833. The van der Waals surface area contributed by atoms with Crippen LogP contribution in [0, 0.1) is 11.2 Å². The Labute approximate surface area is 117 Å². The van der Waals surface area contributed by atoms with Gasteiger partial charge in [0.15, 0.2) is 5.82 Å². The van der Waals surface area contributed by atoms with Crippen molar-refractivity contribution in [2.75, 3.05) is 20.2 Å². The molecule has 3 rings (SSSR count). The number of hydrogen-bond acceptors (Lipinski definition) is 3. The van der Waals surface area contributed by atoms with E-state index in [2.05, 4.69) is 4.98 Å². The van der Waals surface area contributed by atoms with Crippen LogP contribution in [0.25, 0.3) is 0 Å². The van der Waals surface area contributed by atoms with Gasteiger partial charge in [-0.15, -0.1) is 0 Å². The van der Waals surface area contributed by atoms with Gasteiger partial charge in [0.2, 0.25) is 0 Å². The second-order valence-corrected chi connectivity index (χ2v) is 5.77. The molecular formula is C15H19FN2O2. The maximum atomic E-state index is 13.6. The molecule has 20 heavy (non-hydrogen) atoms. The molecule has 1 aliphatic heterocycles. The minimum atomic E-state index is -0.545. The summed E-state index contributed by atoms with van der Waals surface area (Å²) in [5.41, 5.74) is 0.371. The molecule has 0 radical (unpaired) electrons. The van der Waals surface area contributed by atoms with E-state index in [4.69, 9.17) is 4.74 Å². The van der Waals surface area contributed by atoms with Crippen molar-refractivity contribution in [2.45, 2.75) is 31.8 Å². The van der Waals surface area contributed by atoms with Crippen LogP contribution in [-0.4, -0.2) is 42.1 Å². The standard InChI is InChI=1S/C15H19FN2O2/c1-20-13-2-4-15(13)5-8-18(9-6-15)14(19)11-3-7-17-10-12(11)16/h3,7,10,13H,2,4-6,8-9H2,1H3. The third-order valence-corrected chi connectivity index (χ3v) is 4.92. The molecule has 1 amide bonds. The molecule has 1 aromatic heterocycles. The van der Waals surface area contributed by atoms with E-state index in [0.29, 0.717) is 19.2 Å². The molecule has 1 saturated heterocycles. The predicted octanol–water partition coefficient (Wildman–Crippen LogP) is 2.25. The van der Waals surface area contributed by atoms with E-state index in [1.165, 1.54) is 18.7 Å². The Morgan fingerprint density at radius 1 is 1.45 bits per heavy atom. The van der Waals surface area contributed by atoms with Gasteiger partial charge in [0, 0.05) is 31.8 Å². The van der Waals surface area contributed by atoms with Crippen LogP contribution in [0.2, 0.25) is 0 Å². The number of nitrogens with zero attached hydrogens (tertiary/aromatic N) is 2. The highest BCUT2D eigenvalue weighted by Gasteiger charge is 2.49. The molecule has 1 aromatic rings. The summed E-state index contributed by atoms with van der Waals surface area (Å²) in [6.45, 7) is 1.36. The molecule has 2 heterocycles. The van der Waals surface area contributed by atoms with Gasteiger partial charge in [0.05, 0.1) is 17.9 Å². The Hall–Kier alpha value is -1.49. The molecule has 108 valence electrons. The third-order valence-electron chi connectivity index (χ3n) is 4.92. The van der Waals surface area contributed by atoms with Crippen LogP contribution in [0.1, 0.15) is 36.0 Å². The van der Waals surface area contributed by atoms with Crippen molar-refractivity contribution in [1.82, 2.24) is 9.88 Å². The fourth-order valence-electron chi connectivity index (χ4n) is 3.48. The molecule has 5 heteroatoms. The van der Waals surface area contributed by atoms with Crippen LogP contribution in [0.5, 0.6) is 0 Å². The number of aromatic nitrogens is 1. The van der Waals surface area contributed by atoms with Crippen molar-refractivity contribution in [3.63, 3.8) is 0 Å². The number of carbonyl (C=O) groups is 1. The highest BCUT2D eigenvalue weighted by atomic mass is 19.1. The summed E-state index contributed by atoms with van der Waals surface area (Å²) >= 11 is 0. The van der Waals surface area contributed by atoms with Gasteiger partial charge in [-0.2, -0.15) is 0 Å². The third kappa shape index (κ3) is 2.10. The zero-order valence-corrected chi connectivity index (χ0v) is 11.6. The lowest BCUT2D eigenvalue weighted by atomic mass is 9.60. The van der Waals surface area contributed by atoms with Crippen LogP contribution < -0.4 is 0 Å². The monoisotopic (exact) mass is 278 g/mol. The van der Waals surface area contributed by atoms with E-state index in [0.717, 1.165) is 25.5 Å². The fourth-order valence-corrected chi connectivity index (χ4v) is 3.48. The minimum absolute atomic E-state index is 0.118. The number of hydrogen-bond donors (Lipinski definition) is 0. The predicted molar refractivity (Wildman–Crippen MR) is 71.8 cm³/mol. The lowest BCUT2D eigenvalue weighted by molar-refractivity contribution is -0.116. The number of amides is 1. The minimum Gasteiger partial charge on any atom is -0.381 e. The number of methoxy groups -OCH3 is 1. The van der Waals surface area contributed by atoms with Gasteiger partial charge in [-0.25, -0.2) is 4.39 Å². The number of halogens is 1. The molecule has 0 N–H and O–H groups in total. The van der Waals surface area contributed by atoms with Gasteiger partial charge in [0.25, 0.3) is 5.91 Å². The summed E-state index contributed by atoms with van der Waals surface area (Å²) in [5.74, 6) is -0.774. The van der Waals surface area contributed by atoms with Crippen LogP contribution >= 0.6 is 0 Å². The summed E-state index contributed by atoms with van der Waals surface area (Å²) in [4.78, 5) is 17.7. The van der Waals surface area contributed by atoms with Crippen molar-refractivity contribution in [2.24, 2.45) is 5.41 Å². The summed E-state index contributed by atoms with van der Waals surface area (Å²) in [5, 5.41) is 0. The summed E-state index contributed by atoms with van der Waals surface area (Å²) in [7, 11) is 1.76. The molecule has 1 atom stereocenters. The average molecular weight is 278 g/mol. The van der Waals surface area contributed by atoms with Crippen molar-refractivity contribution in [1.29, 1.82) is 0 Å². The molecule has 2 fully saturated rings. The second-order valence-electron chi connectivity index (χ2n) is 5.77. The van der Waals surface area contributed by atoms with Crippen LogP contribution in [0.15, 0.2) is 18.5 Å². The smallest absolute Gasteiger partial charge is 0.256 e. The average Bonchev–Trinajstić information content (AvgIpc) is 2.47. The van der Waals surface area contributed by atoms with Crippen molar-refractivity contribution in [3.05, 3.63) is 29.8 Å². The summed E-state index contributed by atoms with van der Waals surface area (Å²) in [6, 6.07) is 1.45. The number of rotatable bonds is 2. The van der Waals surface area contributed by atoms with Crippen LogP contribution in [-0.2, 0) is 4.74 Å². The Morgan fingerprint density at radius 3 is 2.75 bits per heavy atom. The summed E-state index contributed by atoms with van der Waals surface area (Å²) < 4.78 is 19.1. The van der Waals surface area contributed by atoms with Gasteiger partial charge < -0.3 is 9.64 Å². The molecule has 1 aliphatic carbocycles. The SMILES string of the molecule is COC1CCC12CCN(C(=O)c1ccncc1F)CC2. The number of piperidine rings is 1. The Balaban J connectivity index is 1.67. The topological polar surface area (TPSA) is 42.4 Å². The molecule has 4 nitrogen and oxygen atoms in total. The van der Waals surface area contributed by atoms with Crippen molar-refractivity contribution < 1.29 is 13.9 Å². The highest BCUT2D eigenvalue weighted by molar-refractivity contribution is 5.94. The fraction of sp³-hybridized carbons (Fsp3) is 0.600. The molecule has 1 unspecified atom stereocenters. The maximum Gasteiger partial charge on any atom is 0.256 e. The van der Waals surface area contributed by atoms with E-state index < -0.39 is 5.82 Å². The zero-order chi connectivity index (χ0) is 14.2. The molecule has 0 bridgehead atoms. The largest absolute Gasteiger partial charge is 0.381 e.